The van der Waals surface area contributed by atoms with Gasteiger partial charge in [0.1, 0.15) is 5.60 Å². The van der Waals surface area contributed by atoms with E-state index in [2.05, 4.69) is 0 Å². The van der Waals surface area contributed by atoms with Crippen LogP contribution in [0.25, 0.3) is 11.1 Å². The van der Waals surface area contributed by atoms with Crippen LogP contribution in [0.2, 0.25) is 0 Å². The van der Waals surface area contributed by atoms with Crippen molar-refractivity contribution in [2.45, 2.75) is 32.5 Å². The Bertz CT molecular complexity index is 654. The van der Waals surface area contributed by atoms with Crippen molar-refractivity contribution >= 4 is 12.4 Å². The summed E-state index contributed by atoms with van der Waals surface area (Å²) in [5.41, 5.74) is 2.02. The molecule has 0 amide bonds. The van der Waals surface area contributed by atoms with E-state index in [1.165, 1.54) is 0 Å². The lowest BCUT2D eigenvalue weighted by atomic mass is 10.0. The van der Waals surface area contributed by atoms with Gasteiger partial charge in [-0.15, -0.1) is 0 Å². The molecule has 0 fully saturated rings. The molecule has 0 radical (unpaired) electrons. The summed E-state index contributed by atoms with van der Waals surface area (Å²) in [6, 6.07) is 17.2. The molecule has 0 aliphatic heterocycles. The van der Waals surface area contributed by atoms with Crippen LogP contribution < -0.4 is 0 Å². The number of hydrogen-bond acceptors (Lipinski definition) is 4. The zero-order valence-electron chi connectivity index (χ0n) is 13.5. The second-order valence-electron chi connectivity index (χ2n) is 6.13. The summed E-state index contributed by atoms with van der Waals surface area (Å²) >= 11 is 0. The maximum atomic E-state index is 12.2. The summed E-state index contributed by atoms with van der Waals surface area (Å²) in [5.74, 6) is -0.586. The number of ether oxygens (including phenoxy) is 2. The lowest BCUT2D eigenvalue weighted by molar-refractivity contribution is -0.171. The maximum absolute atomic E-state index is 12.2. The second kappa shape index (κ2) is 7.09. The summed E-state index contributed by atoms with van der Waals surface area (Å²) in [7, 11) is 0. The third-order valence-corrected chi connectivity index (χ3v) is 3.13. The van der Waals surface area contributed by atoms with E-state index < -0.39 is 17.7 Å². The Balaban J connectivity index is 2.23. The number of hydrogen-bond donors (Lipinski definition) is 0. The van der Waals surface area contributed by atoms with E-state index in [-0.39, 0.29) is 6.47 Å². The predicted octanol–water partition coefficient (Wildman–Crippen LogP) is 3.91. The fourth-order valence-corrected chi connectivity index (χ4v) is 2.16. The lowest BCUT2D eigenvalue weighted by Crippen LogP contribution is -2.28. The molecule has 0 heterocycles. The third kappa shape index (κ3) is 4.68. The normalized spacial score (nSPS) is 12.3. The van der Waals surface area contributed by atoms with Crippen LogP contribution in [0.4, 0.5) is 0 Å². The van der Waals surface area contributed by atoms with Gasteiger partial charge in [-0.25, -0.2) is 4.79 Å². The monoisotopic (exact) mass is 312 g/mol. The Morgan fingerprint density at radius 1 is 0.957 bits per heavy atom. The molecular weight excluding hydrogens is 292 g/mol. The molecule has 0 N–H and O–H groups in total. The van der Waals surface area contributed by atoms with Gasteiger partial charge in [-0.05, 0) is 31.9 Å². The zero-order valence-corrected chi connectivity index (χ0v) is 13.5. The van der Waals surface area contributed by atoms with Crippen LogP contribution in [0.5, 0.6) is 0 Å². The molecule has 1 unspecified atom stereocenters. The largest absolute Gasteiger partial charge is 0.457 e. The van der Waals surface area contributed by atoms with E-state index in [4.69, 9.17) is 9.47 Å². The van der Waals surface area contributed by atoms with Crippen LogP contribution in [0, 0.1) is 0 Å². The van der Waals surface area contributed by atoms with Crippen LogP contribution in [-0.2, 0) is 19.1 Å². The molecule has 23 heavy (non-hydrogen) atoms. The lowest BCUT2D eigenvalue weighted by Gasteiger charge is -2.23. The highest BCUT2D eigenvalue weighted by molar-refractivity contribution is 5.78. The van der Waals surface area contributed by atoms with Gasteiger partial charge < -0.3 is 9.47 Å². The number of benzene rings is 2. The number of rotatable bonds is 5. The molecule has 0 aliphatic carbocycles. The minimum absolute atomic E-state index is 0.264. The summed E-state index contributed by atoms with van der Waals surface area (Å²) in [6.45, 7) is 5.56. The summed E-state index contributed by atoms with van der Waals surface area (Å²) in [5, 5.41) is 0. The van der Waals surface area contributed by atoms with Crippen molar-refractivity contribution in [2.24, 2.45) is 0 Å². The Morgan fingerprint density at radius 3 is 2.04 bits per heavy atom. The third-order valence-electron chi connectivity index (χ3n) is 3.13. The molecular formula is C19H20O4. The van der Waals surface area contributed by atoms with Gasteiger partial charge in [-0.3, -0.25) is 4.79 Å². The first-order valence-corrected chi connectivity index (χ1v) is 7.38. The van der Waals surface area contributed by atoms with Crippen molar-refractivity contribution in [3.8, 4) is 11.1 Å². The maximum Gasteiger partial charge on any atom is 0.352 e. The molecule has 120 valence electrons. The summed E-state index contributed by atoms with van der Waals surface area (Å²) in [4.78, 5) is 22.9. The van der Waals surface area contributed by atoms with Gasteiger partial charge in [0.2, 0.25) is 6.10 Å². The van der Waals surface area contributed by atoms with Gasteiger partial charge in [-0.1, -0.05) is 54.6 Å². The molecule has 1 atom stereocenters. The molecule has 0 saturated carbocycles. The van der Waals surface area contributed by atoms with Crippen molar-refractivity contribution in [3.63, 3.8) is 0 Å². The summed E-state index contributed by atoms with van der Waals surface area (Å²) < 4.78 is 10.2. The van der Waals surface area contributed by atoms with E-state index in [1.54, 1.807) is 32.9 Å². The zero-order chi connectivity index (χ0) is 16.9. The van der Waals surface area contributed by atoms with E-state index in [9.17, 15) is 9.59 Å². The molecule has 2 aromatic carbocycles. The highest BCUT2D eigenvalue weighted by Gasteiger charge is 2.28. The SMILES string of the molecule is CC(C)(C)OC(=O)C(OC=O)c1ccc(-c2ccccc2)cc1. The first-order valence-electron chi connectivity index (χ1n) is 7.38. The van der Waals surface area contributed by atoms with E-state index in [0.717, 1.165) is 11.1 Å². The van der Waals surface area contributed by atoms with Gasteiger partial charge >= 0.3 is 5.97 Å². The number of carbonyl (C=O) groups is 2. The molecule has 4 nitrogen and oxygen atoms in total. The second-order valence-corrected chi connectivity index (χ2v) is 6.13. The van der Waals surface area contributed by atoms with Crippen molar-refractivity contribution in [1.82, 2.24) is 0 Å². The van der Waals surface area contributed by atoms with Gasteiger partial charge in [-0.2, -0.15) is 0 Å². The molecule has 0 aliphatic rings. The van der Waals surface area contributed by atoms with Crippen molar-refractivity contribution < 1.29 is 19.1 Å². The molecule has 4 heteroatoms. The molecule has 0 bridgehead atoms. The van der Waals surface area contributed by atoms with Gasteiger partial charge in [0, 0.05) is 5.56 Å². The van der Waals surface area contributed by atoms with Crippen LogP contribution >= 0.6 is 0 Å². The van der Waals surface area contributed by atoms with Gasteiger partial charge in [0.05, 0.1) is 0 Å². The van der Waals surface area contributed by atoms with Crippen LogP contribution in [-0.4, -0.2) is 18.0 Å². The van der Waals surface area contributed by atoms with E-state index in [1.807, 2.05) is 42.5 Å². The standard InChI is InChI=1S/C19H20O4/c1-19(2,3)23-18(21)17(22-13-20)16-11-9-15(10-12-16)14-7-5-4-6-8-14/h4-13,17H,1-3H3. The molecule has 0 saturated heterocycles. The minimum atomic E-state index is -1.06. The quantitative estimate of drug-likeness (QED) is 0.620. The highest BCUT2D eigenvalue weighted by atomic mass is 16.6. The van der Waals surface area contributed by atoms with Crippen LogP contribution in [0.3, 0.4) is 0 Å². The van der Waals surface area contributed by atoms with Gasteiger partial charge in [0.15, 0.2) is 0 Å². The van der Waals surface area contributed by atoms with E-state index >= 15 is 0 Å². The molecule has 0 spiro atoms. The smallest absolute Gasteiger partial charge is 0.352 e. The first-order chi connectivity index (χ1) is 10.9. The Labute approximate surface area is 136 Å². The fourth-order valence-electron chi connectivity index (χ4n) is 2.16. The molecule has 2 rings (SSSR count). The Hall–Kier alpha value is -2.62. The Kier molecular flexibility index (Phi) is 5.16. The number of carbonyl (C=O) groups excluding carboxylic acids is 2. The predicted molar refractivity (Wildman–Crippen MR) is 87.6 cm³/mol. The number of esters is 1. The van der Waals surface area contributed by atoms with E-state index in [0.29, 0.717) is 5.56 Å². The van der Waals surface area contributed by atoms with Crippen LogP contribution in [0.1, 0.15) is 32.4 Å². The summed E-state index contributed by atoms with van der Waals surface area (Å²) in [6.07, 6.45) is -1.06. The van der Waals surface area contributed by atoms with Crippen LogP contribution in [0.15, 0.2) is 54.6 Å². The highest BCUT2D eigenvalue weighted by Crippen LogP contribution is 2.25. The molecule has 2 aromatic rings. The average Bonchev–Trinajstić information content (AvgIpc) is 2.52. The van der Waals surface area contributed by atoms with Crippen molar-refractivity contribution in [3.05, 3.63) is 60.2 Å². The fraction of sp³-hybridized carbons (Fsp3) is 0.263. The average molecular weight is 312 g/mol. The molecule has 0 aromatic heterocycles. The minimum Gasteiger partial charge on any atom is -0.457 e. The van der Waals surface area contributed by atoms with Crippen molar-refractivity contribution in [2.75, 3.05) is 0 Å². The topological polar surface area (TPSA) is 52.6 Å². The Morgan fingerprint density at radius 2 is 1.52 bits per heavy atom. The van der Waals surface area contributed by atoms with Crippen molar-refractivity contribution in [1.29, 1.82) is 0 Å². The van der Waals surface area contributed by atoms with Gasteiger partial charge in [0.25, 0.3) is 6.47 Å². The first kappa shape index (κ1) is 16.7.